The first-order valence-corrected chi connectivity index (χ1v) is 8.44. The highest BCUT2D eigenvalue weighted by atomic mass is 35.5. The summed E-state index contributed by atoms with van der Waals surface area (Å²) in [5.74, 6) is 1.55. The van der Waals surface area contributed by atoms with Crippen molar-refractivity contribution in [1.29, 1.82) is 0 Å². The van der Waals surface area contributed by atoms with Crippen LogP contribution in [0.3, 0.4) is 0 Å². The lowest BCUT2D eigenvalue weighted by Crippen LogP contribution is -2.13. The maximum Gasteiger partial charge on any atom is 0.161 e. The van der Waals surface area contributed by atoms with Gasteiger partial charge in [-0.15, -0.1) is 0 Å². The van der Waals surface area contributed by atoms with Crippen LogP contribution < -0.4 is 14.8 Å². The summed E-state index contributed by atoms with van der Waals surface area (Å²) in [5, 5.41) is 4.12. The van der Waals surface area contributed by atoms with Crippen LogP contribution >= 0.6 is 11.6 Å². The molecule has 3 nitrogen and oxygen atoms in total. The van der Waals surface area contributed by atoms with E-state index in [1.165, 1.54) is 5.56 Å². The molecule has 0 bridgehead atoms. The third-order valence-electron chi connectivity index (χ3n) is 3.37. The maximum atomic E-state index is 5.91. The second-order valence-electron chi connectivity index (χ2n) is 5.31. The molecule has 0 fully saturated rings. The van der Waals surface area contributed by atoms with Crippen molar-refractivity contribution in [2.75, 3.05) is 13.2 Å². The molecule has 0 aliphatic carbocycles. The predicted octanol–water partition coefficient (Wildman–Crippen LogP) is 4.82. The molecule has 23 heavy (non-hydrogen) atoms. The van der Waals surface area contributed by atoms with Crippen molar-refractivity contribution in [3.63, 3.8) is 0 Å². The zero-order valence-corrected chi connectivity index (χ0v) is 14.5. The van der Waals surface area contributed by atoms with E-state index >= 15 is 0 Å². The molecule has 2 rings (SSSR count). The second kappa shape index (κ2) is 9.43. The fourth-order valence-corrected chi connectivity index (χ4v) is 2.33. The zero-order chi connectivity index (χ0) is 16.5. The molecule has 0 aromatic heterocycles. The molecule has 2 aromatic rings. The van der Waals surface area contributed by atoms with Gasteiger partial charge in [-0.25, -0.2) is 0 Å². The molecule has 2 aromatic carbocycles. The number of nitrogens with one attached hydrogen (secondary N) is 1. The highest BCUT2D eigenvalue weighted by molar-refractivity contribution is 6.30. The molecule has 0 saturated heterocycles. The van der Waals surface area contributed by atoms with Crippen LogP contribution in [-0.2, 0) is 13.2 Å². The summed E-state index contributed by atoms with van der Waals surface area (Å²) in [5.41, 5.74) is 2.27. The molecule has 0 unspecified atom stereocenters. The van der Waals surface area contributed by atoms with Gasteiger partial charge in [0, 0.05) is 11.6 Å². The summed E-state index contributed by atoms with van der Waals surface area (Å²) in [6, 6.07) is 13.8. The van der Waals surface area contributed by atoms with E-state index < -0.39 is 0 Å². The Labute approximate surface area is 143 Å². The quantitative estimate of drug-likeness (QED) is 0.667. The molecule has 0 aliphatic rings. The molecule has 0 spiro atoms. The molecule has 0 amide bonds. The van der Waals surface area contributed by atoms with Crippen LogP contribution in [0, 0.1) is 0 Å². The molecular formula is C19H24ClNO2. The van der Waals surface area contributed by atoms with Gasteiger partial charge >= 0.3 is 0 Å². The Morgan fingerprint density at radius 1 is 0.913 bits per heavy atom. The van der Waals surface area contributed by atoms with Crippen LogP contribution in [0.5, 0.6) is 11.5 Å². The van der Waals surface area contributed by atoms with Gasteiger partial charge in [-0.2, -0.15) is 0 Å². The molecular weight excluding hydrogens is 310 g/mol. The first-order valence-electron chi connectivity index (χ1n) is 8.06. The fraction of sp³-hybridized carbons (Fsp3) is 0.368. The van der Waals surface area contributed by atoms with E-state index in [9.17, 15) is 0 Å². The van der Waals surface area contributed by atoms with E-state index in [1.807, 2.05) is 43.3 Å². The van der Waals surface area contributed by atoms with E-state index in [1.54, 1.807) is 0 Å². The monoisotopic (exact) mass is 333 g/mol. The van der Waals surface area contributed by atoms with E-state index in [-0.39, 0.29) is 0 Å². The van der Waals surface area contributed by atoms with Gasteiger partial charge < -0.3 is 14.8 Å². The third-order valence-corrected chi connectivity index (χ3v) is 3.62. The number of benzene rings is 2. The standard InChI is InChI=1S/C19H24ClNO2/c1-3-11-21-13-16-7-10-18(19(12-16)22-4-2)23-14-15-5-8-17(20)9-6-15/h5-10,12,21H,3-4,11,13-14H2,1-2H3. The average Bonchev–Trinajstić information content (AvgIpc) is 2.56. The first kappa shape index (κ1) is 17.6. The Morgan fingerprint density at radius 3 is 2.35 bits per heavy atom. The Kier molecular flexibility index (Phi) is 7.24. The SMILES string of the molecule is CCCNCc1ccc(OCc2ccc(Cl)cc2)c(OCC)c1. The normalized spacial score (nSPS) is 10.6. The van der Waals surface area contributed by atoms with Crippen LogP contribution in [0.2, 0.25) is 5.02 Å². The van der Waals surface area contributed by atoms with Gasteiger partial charge in [0.05, 0.1) is 6.61 Å². The first-order chi connectivity index (χ1) is 11.2. The lowest BCUT2D eigenvalue weighted by Gasteiger charge is -2.14. The van der Waals surface area contributed by atoms with E-state index in [4.69, 9.17) is 21.1 Å². The van der Waals surface area contributed by atoms with Crippen LogP contribution in [0.25, 0.3) is 0 Å². The topological polar surface area (TPSA) is 30.5 Å². The Morgan fingerprint density at radius 2 is 1.65 bits per heavy atom. The summed E-state index contributed by atoms with van der Waals surface area (Å²) >= 11 is 5.90. The lowest BCUT2D eigenvalue weighted by atomic mass is 10.2. The maximum absolute atomic E-state index is 5.91. The van der Waals surface area contributed by atoms with Crippen molar-refractivity contribution < 1.29 is 9.47 Å². The van der Waals surface area contributed by atoms with Crippen LogP contribution in [0.1, 0.15) is 31.4 Å². The molecule has 0 heterocycles. The van der Waals surface area contributed by atoms with Crippen molar-refractivity contribution in [3.8, 4) is 11.5 Å². The van der Waals surface area contributed by atoms with Gasteiger partial charge in [0.2, 0.25) is 0 Å². The van der Waals surface area contributed by atoms with Crippen molar-refractivity contribution in [3.05, 3.63) is 58.6 Å². The van der Waals surface area contributed by atoms with E-state index in [0.717, 1.165) is 41.6 Å². The van der Waals surface area contributed by atoms with Gasteiger partial charge in [-0.1, -0.05) is 36.7 Å². The number of ether oxygens (including phenoxy) is 2. The smallest absolute Gasteiger partial charge is 0.161 e. The third kappa shape index (κ3) is 5.77. The number of rotatable bonds is 9. The fourth-order valence-electron chi connectivity index (χ4n) is 2.20. The van der Waals surface area contributed by atoms with Gasteiger partial charge in [-0.05, 0) is 55.3 Å². The Hall–Kier alpha value is -1.71. The molecule has 124 valence electrons. The summed E-state index contributed by atoms with van der Waals surface area (Å²) in [7, 11) is 0. The summed E-state index contributed by atoms with van der Waals surface area (Å²) in [6.45, 7) is 7.09. The largest absolute Gasteiger partial charge is 0.490 e. The van der Waals surface area contributed by atoms with Crippen molar-refractivity contribution in [2.45, 2.75) is 33.4 Å². The number of hydrogen-bond acceptors (Lipinski definition) is 3. The Bertz CT molecular complexity index is 599. The van der Waals surface area contributed by atoms with Crippen LogP contribution in [-0.4, -0.2) is 13.2 Å². The van der Waals surface area contributed by atoms with Gasteiger partial charge in [-0.3, -0.25) is 0 Å². The summed E-state index contributed by atoms with van der Waals surface area (Å²) in [6.07, 6.45) is 1.13. The molecule has 0 aliphatic heterocycles. The van der Waals surface area contributed by atoms with E-state index in [0.29, 0.717) is 13.2 Å². The van der Waals surface area contributed by atoms with Crippen molar-refractivity contribution in [2.24, 2.45) is 0 Å². The molecule has 0 atom stereocenters. The molecule has 0 saturated carbocycles. The highest BCUT2D eigenvalue weighted by Gasteiger charge is 2.07. The molecule has 0 radical (unpaired) electrons. The number of halogens is 1. The minimum atomic E-state index is 0.491. The van der Waals surface area contributed by atoms with E-state index in [2.05, 4.69) is 18.3 Å². The highest BCUT2D eigenvalue weighted by Crippen LogP contribution is 2.29. The summed E-state index contributed by atoms with van der Waals surface area (Å²) < 4.78 is 11.6. The lowest BCUT2D eigenvalue weighted by molar-refractivity contribution is 0.269. The van der Waals surface area contributed by atoms with Crippen LogP contribution in [0.4, 0.5) is 0 Å². The number of hydrogen-bond donors (Lipinski definition) is 1. The van der Waals surface area contributed by atoms with Gasteiger partial charge in [0.25, 0.3) is 0 Å². The zero-order valence-electron chi connectivity index (χ0n) is 13.8. The summed E-state index contributed by atoms with van der Waals surface area (Å²) in [4.78, 5) is 0. The van der Waals surface area contributed by atoms with Gasteiger partial charge in [0.1, 0.15) is 6.61 Å². The minimum absolute atomic E-state index is 0.491. The minimum Gasteiger partial charge on any atom is -0.490 e. The second-order valence-corrected chi connectivity index (χ2v) is 5.74. The molecule has 4 heteroatoms. The molecule has 1 N–H and O–H groups in total. The average molecular weight is 334 g/mol. The van der Waals surface area contributed by atoms with Crippen molar-refractivity contribution in [1.82, 2.24) is 5.32 Å². The predicted molar refractivity (Wildman–Crippen MR) is 95.4 cm³/mol. The van der Waals surface area contributed by atoms with Crippen LogP contribution in [0.15, 0.2) is 42.5 Å². The van der Waals surface area contributed by atoms with Crippen molar-refractivity contribution >= 4 is 11.6 Å². The Balaban J connectivity index is 2.02. The van der Waals surface area contributed by atoms with Gasteiger partial charge in [0.15, 0.2) is 11.5 Å².